The van der Waals surface area contributed by atoms with Crippen molar-refractivity contribution in [2.24, 2.45) is 0 Å². The van der Waals surface area contributed by atoms with E-state index in [1.54, 1.807) is 0 Å². The van der Waals surface area contributed by atoms with Gasteiger partial charge in [0, 0.05) is 15.3 Å². The zero-order valence-corrected chi connectivity index (χ0v) is 17.7. The van der Waals surface area contributed by atoms with Crippen LogP contribution in [0.2, 0.25) is 0 Å². The van der Waals surface area contributed by atoms with E-state index in [4.69, 9.17) is 4.52 Å². The second-order valence-corrected chi connectivity index (χ2v) is 8.37. The first-order valence-corrected chi connectivity index (χ1v) is 10.3. The molecule has 0 saturated heterocycles. The van der Waals surface area contributed by atoms with Crippen molar-refractivity contribution in [1.82, 2.24) is 10.1 Å². The van der Waals surface area contributed by atoms with E-state index in [-0.39, 0.29) is 11.8 Å². The normalized spacial score (nSPS) is 11.0. The van der Waals surface area contributed by atoms with Gasteiger partial charge in [0.2, 0.25) is 5.91 Å². The Morgan fingerprint density at radius 1 is 1.22 bits per heavy atom. The molecule has 0 atom stereocenters. The van der Waals surface area contributed by atoms with Gasteiger partial charge < -0.3 is 9.84 Å². The number of aryl methyl sites for hydroxylation is 1. The van der Waals surface area contributed by atoms with Crippen molar-refractivity contribution in [3.8, 4) is 11.5 Å². The summed E-state index contributed by atoms with van der Waals surface area (Å²) in [6, 6.07) is 13.6. The Bertz CT molecular complexity index is 939. The fraction of sp³-hybridized carbons (Fsp3) is 0.250. The Morgan fingerprint density at radius 3 is 2.63 bits per heavy atom. The van der Waals surface area contributed by atoms with Crippen LogP contribution in [0, 0.1) is 6.92 Å². The lowest BCUT2D eigenvalue weighted by Crippen LogP contribution is -2.15. The Balaban J connectivity index is 1.75. The first kappa shape index (κ1) is 19.6. The van der Waals surface area contributed by atoms with Crippen molar-refractivity contribution < 1.29 is 9.32 Å². The van der Waals surface area contributed by atoms with Crippen LogP contribution in [0.1, 0.15) is 31.2 Å². The van der Waals surface area contributed by atoms with Gasteiger partial charge in [-0.15, -0.1) is 11.8 Å². The number of amides is 1. The monoisotopic (exact) mass is 445 g/mol. The predicted molar refractivity (Wildman–Crippen MR) is 112 cm³/mol. The number of rotatable bonds is 6. The molecule has 0 fully saturated rings. The third kappa shape index (κ3) is 4.99. The molecule has 1 amide bonds. The van der Waals surface area contributed by atoms with Crippen molar-refractivity contribution in [1.29, 1.82) is 0 Å². The number of para-hydroxylation sites is 1. The number of carbonyl (C=O) groups is 1. The van der Waals surface area contributed by atoms with E-state index in [1.807, 2.05) is 63.2 Å². The SMILES string of the molecule is Cc1cccc(-c2nc(C(C)C)no2)c1NC(=O)CSc1ccc(Br)cc1. The molecular weight excluding hydrogens is 426 g/mol. The van der Waals surface area contributed by atoms with Gasteiger partial charge in [-0.3, -0.25) is 4.79 Å². The number of hydrogen-bond donors (Lipinski definition) is 1. The van der Waals surface area contributed by atoms with Crippen LogP contribution >= 0.6 is 27.7 Å². The maximum Gasteiger partial charge on any atom is 0.260 e. The van der Waals surface area contributed by atoms with Crippen LogP contribution in [0.15, 0.2) is 56.4 Å². The molecule has 7 heteroatoms. The van der Waals surface area contributed by atoms with Crippen molar-refractivity contribution in [2.45, 2.75) is 31.6 Å². The summed E-state index contributed by atoms with van der Waals surface area (Å²) in [5.41, 5.74) is 2.38. The molecule has 0 aliphatic rings. The van der Waals surface area contributed by atoms with E-state index in [0.717, 1.165) is 20.5 Å². The molecule has 5 nitrogen and oxygen atoms in total. The molecule has 3 rings (SSSR count). The van der Waals surface area contributed by atoms with Gasteiger partial charge in [-0.2, -0.15) is 4.98 Å². The van der Waals surface area contributed by atoms with Crippen molar-refractivity contribution in [2.75, 3.05) is 11.1 Å². The predicted octanol–water partition coefficient (Wildman–Crippen LogP) is 5.66. The molecule has 0 spiro atoms. The number of nitrogens with one attached hydrogen (secondary N) is 1. The molecule has 1 heterocycles. The van der Waals surface area contributed by atoms with Crippen molar-refractivity contribution in [3.05, 3.63) is 58.3 Å². The van der Waals surface area contributed by atoms with E-state index in [9.17, 15) is 4.79 Å². The number of anilines is 1. The van der Waals surface area contributed by atoms with Crippen molar-refractivity contribution >= 4 is 39.3 Å². The minimum atomic E-state index is -0.0814. The second kappa shape index (κ2) is 8.71. The van der Waals surface area contributed by atoms with Gasteiger partial charge in [0.15, 0.2) is 5.82 Å². The Labute approximate surface area is 171 Å². The molecule has 3 aromatic rings. The van der Waals surface area contributed by atoms with E-state index in [2.05, 4.69) is 31.4 Å². The topological polar surface area (TPSA) is 68.0 Å². The van der Waals surface area contributed by atoms with Crippen molar-refractivity contribution in [3.63, 3.8) is 0 Å². The molecule has 0 radical (unpaired) electrons. The van der Waals surface area contributed by atoms with Crippen LogP contribution in [0.25, 0.3) is 11.5 Å². The van der Waals surface area contributed by atoms with Gasteiger partial charge in [0.25, 0.3) is 5.89 Å². The van der Waals surface area contributed by atoms with Crippen LogP contribution in [-0.2, 0) is 4.79 Å². The average Bonchev–Trinajstić information content (AvgIpc) is 3.13. The summed E-state index contributed by atoms with van der Waals surface area (Å²) in [6.45, 7) is 5.96. The number of halogens is 1. The molecule has 0 bridgehead atoms. The number of thioether (sulfide) groups is 1. The minimum absolute atomic E-state index is 0.0814. The smallest absolute Gasteiger partial charge is 0.260 e. The highest BCUT2D eigenvalue weighted by Gasteiger charge is 2.17. The first-order chi connectivity index (χ1) is 12.9. The maximum absolute atomic E-state index is 12.5. The fourth-order valence-electron chi connectivity index (χ4n) is 2.45. The second-order valence-electron chi connectivity index (χ2n) is 6.40. The first-order valence-electron chi connectivity index (χ1n) is 8.56. The van der Waals surface area contributed by atoms with Crippen LogP contribution in [0.3, 0.4) is 0 Å². The quantitative estimate of drug-likeness (QED) is 0.495. The van der Waals surface area contributed by atoms with Gasteiger partial charge in [-0.1, -0.05) is 47.1 Å². The summed E-state index contributed by atoms with van der Waals surface area (Å²) < 4.78 is 6.42. The van der Waals surface area contributed by atoms with Crippen LogP contribution in [0.4, 0.5) is 5.69 Å². The molecule has 1 aromatic heterocycles. The average molecular weight is 446 g/mol. The Kier molecular flexibility index (Phi) is 6.34. The van der Waals surface area contributed by atoms with Crippen LogP contribution in [0.5, 0.6) is 0 Å². The molecule has 0 aliphatic carbocycles. The zero-order chi connectivity index (χ0) is 19.4. The number of hydrogen-bond acceptors (Lipinski definition) is 5. The molecule has 0 aliphatic heterocycles. The third-order valence-electron chi connectivity index (χ3n) is 3.91. The lowest BCUT2D eigenvalue weighted by atomic mass is 10.1. The third-order valence-corrected chi connectivity index (χ3v) is 5.45. The zero-order valence-electron chi connectivity index (χ0n) is 15.3. The van der Waals surface area contributed by atoms with Gasteiger partial charge >= 0.3 is 0 Å². The molecule has 2 aromatic carbocycles. The highest BCUT2D eigenvalue weighted by molar-refractivity contribution is 9.10. The summed E-state index contributed by atoms with van der Waals surface area (Å²) in [5, 5.41) is 7.02. The highest BCUT2D eigenvalue weighted by atomic mass is 79.9. The van der Waals surface area contributed by atoms with Gasteiger partial charge in [0.05, 0.1) is 17.0 Å². The molecule has 27 heavy (non-hydrogen) atoms. The Hall–Kier alpha value is -2.12. The number of carbonyl (C=O) groups excluding carboxylic acids is 1. The summed E-state index contributed by atoms with van der Waals surface area (Å²) >= 11 is 4.90. The summed E-state index contributed by atoms with van der Waals surface area (Å²) in [4.78, 5) is 18.0. The standard InChI is InChI=1S/C20H20BrN3O2S/c1-12(2)19-23-20(26-24-19)16-6-4-5-13(3)18(16)22-17(25)11-27-15-9-7-14(21)8-10-15/h4-10,12H,11H2,1-3H3,(H,22,25). The minimum Gasteiger partial charge on any atom is -0.334 e. The molecule has 0 saturated carbocycles. The Morgan fingerprint density at radius 2 is 1.96 bits per heavy atom. The molecule has 0 unspecified atom stereocenters. The van der Waals surface area contributed by atoms with Gasteiger partial charge in [0.1, 0.15) is 0 Å². The van der Waals surface area contributed by atoms with E-state index in [0.29, 0.717) is 23.2 Å². The van der Waals surface area contributed by atoms with Gasteiger partial charge in [-0.05, 0) is 42.8 Å². The summed E-state index contributed by atoms with van der Waals surface area (Å²) in [5.74, 6) is 1.47. The van der Waals surface area contributed by atoms with Crippen LogP contribution < -0.4 is 5.32 Å². The number of nitrogens with zero attached hydrogens (tertiary/aromatic N) is 2. The number of aromatic nitrogens is 2. The highest BCUT2D eigenvalue weighted by Crippen LogP contribution is 2.31. The maximum atomic E-state index is 12.5. The lowest BCUT2D eigenvalue weighted by Gasteiger charge is -2.11. The lowest BCUT2D eigenvalue weighted by molar-refractivity contribution is -0.113. The summed E-state index contributed by atoms with van der Waals surface area (Å²) in [7, 11) is 0. The number of benzene rings is 2. The molecule has 140 valence electrons. The van der Waals surface area contributed by atoms with E-state index >= 15 is 0 Å². The summed E-state index contributed by atoms with van der Waals surface area (Å²) in [6.07, 6.45) is 0. The molecular formula is C20H20BrN3O2S. The molecule has 1 N–H and O–H groups in total. The van der Waals surface area contributed by atoms with E-state index < -0.39 is 0 Å². The van der Waals surface area contributed by atoms with Gasteiger partial charge in [-0.25, -0.2) is 0 Å². The fourth-order valence-corrected chi connectivity index (χ4v) is 3.41. The largest absolute Gasteiger partial charge is 0.334 e. The van der Waals surface area contributed by atoms with Crippen LogP contribution in [-0.4, -0.2) is 21.8 Å². The van der Waals surface area contributed by atoms with E-state index in [1.165, 1.54) is 11.8 Å².